The molecule has 8 heteroatoms. The normalized spacial score (nSPS) is 14.4. The number of carbonyl (C=O) groups excluding carboxylic acids is 1. The van der Waals surface area contributed by atoms with Crippen molar-refractivity contribution in [3.05, 3.63) is 59.4 Å². The number of carbonyl (C=O) groups is 1. The fraction of sp³-hybridized carbons (Fsp3) is 0.333. The second-order valence-corrected chi connectivity index (χ2v) is 8.16. The molecule has 1 saturated heterocycles. The van der Waals surface area contributed by atoms with E-state index in [2.05, 4.69) is 0 Å². The lowest BCUT2D eigenvalue weighted by molar-refractivity contribution is -0.0543. The third-order valence-electron chi connectivity index (χ3n) is 5.75. The summed E-state index contributed by atoms with van der Waals surface area (Å²) in [5.41, 5.74) is 2.58. The van der Waals surface area contributed by atoms with Crippen LogP contribution in [0.3, 0.4) is 0 Å². The molecule has 0 spiro atoms. The van der Waals surface area contributed by atoms with Gasteiger partial charge in [0.15, 0.2) is 11.7 Å². The van der Waals surface area contributed by atoms with E-state index >= 15 is 0 Å². The number of oxazole rings is 1. The van der Waals surface area contributed by atoms with E-state index in [0.29, 0.717) is 42.6 Å². The quantitative estimate of drug-likeness (QED) is 0.395. The van der Waals surface area contributed by atoms with E-state index in [9.17, 15) is 10.0 Å². The van der Waals surface area contributed by atoms with Crippen molar-refractivity contribution in [3.8, 4) is 28.3 Å². The van der Waals surface area contributed by atoms with Crippen LogP contribution in [0.1, 0.15) is 31.6 Å². The Morgan fingerprint density at radius 3 is 2.38 bits per heavy atom. The van der Waals surface area contributed by atoms with E-state index in [1.165, 1.54) is 0 Å². The Morgan fingerprint density at radius 2 is 1.78 bits per heavy atom. The lowest BCUT2D eigenvalue weighted by Crippen LogP contribution is -2.45. The van der Waals surface area contributed by atoms with Crippen LogP contribution in [0.15, 0.2) is 52.9 Å². The molecule has 0 aliphatic carbocycles. The molecule has 2 amide bonds. The smallest absolute Gasteiger partial charge is 0.343 e. The maximum absolute atomic E-state index is 12.2. The number of halogens is 1. The maximum Gasteiger partial charge on any atom is 0.343 e. The molecule has 0 saturated carbocycles. The summed E-state index contributed by atoms with van der Waals surface area (Å²) in [5.74, 6) is 2.20. The minimum absolute atomic E-state index is 0.0888. The van der Waals surface area contributed by atoms with Crippen molar-refractivity contribution in [2.24, 2.45) is 0 Å². The number of piperidine rings is 1. The van der Waals surface area contributed by atoms with Gasteiger partial charge in [0.1, 0.15) is 11.4 Å². The molecule has 0 unspecified atom stereocenters. The molecule has 0 atom stereocenters. The second kappa shape index (κ2) is 9.63. The average Bonchev–Trinajstić information content (AvgIpc) is 3.29. The number of hydroxylamine groups is 2. The highest BCUT2D eigenvalue weighted by atomic mass is 35.5. The van der Waals surface area contributed by atoms with Crippen molar-refractivity contribution < 1.29 is 19.2 Å². The molecule has 2 heterocycles. The molecule has 3 aromatic rings. The van der Waals surface area contributed by atoms with Crippen LogP contribution in [0.4, 0.5) is 4.79 Å². The van der Waals surface area contributed by atoms with Gasteiger partial charge in [0, 0.05) is 41.7 Å². The molecular formula is C24H26ClN3O4. The number of hydrogen-bond acceptors (Lipinski definition) is 5. The van der Waals surface area contributed by atoms with Gasteiger partial charge in [-0.3, -0.25) is 5.21 Å². The van der Waals surface area contributed by atoms with Crippen LogP contribution in [-0.2, 0) is 0 Å². The Balaban J connectivity index is 1.62. The fourth-order valence-electron chi connectivity index (χ4n) is 3.87. The summed E-state index contributed by atoms with van der Waals surface area (Å²) >= 11 is 6.08. The number of likely N-dealkylation sites (tertiary alicyclic amines) is 1. The first kappa shape index (κ1) is 22.2. The number of aromatic nitrogens is 1. The molecule has 1 fully saturated rings. The minimum atomic E-state index is -0.362. The number of ether oxygens (including phenoxy) is 1. The highest BCUT2D eigenvalue weighted by molar-refractivity contribution is 6.30. The Bertz CT molecular complexity index is 1060. The first-order valence-electron chi connectivity index (χ1n) is 10.7. The zero-order chi connectivity index (χ0) is 22.7. The largest absolute Gasteiger partial charge is 0.497 e. The van der Waals surface area contributed by atoms with Gasteiger partial charge in [-0.15, -0.1) is 0 Å². The Kier molecular flexibility index (Phi) is 6.67. The summed E-state index contributed by atoms with van der Waals surface area (Å²) in [5, 5.41) is 11.1. The number of amides is 2. The summed E-state index contributed by atoms with van der Waals surface area (Å²) in [4.78, 5) is 18.8. The molecule has 4 rings (SSSR count). The molecule has 32 heavy (non-hydrogen) atoms. The number of benzene rings is 2. The molecule has 1 aliphatic heterocycles. The molecule has 0 radical (unpaired) electrons. The van der Waals surface area contributed by atoms with Gasteiger partial charge in [-0.25, -0.2) is 14.8 Å². The maximum atomic E-state index is 12.2. The van der Waals surface area contributed by atoms with E-state index in [1.807, 2.05) is 48.5 Å². The van der Waals surface area contributed by atoms with Crippen molar-refractivity contribution in [1.29, 1.82) is 0 Å². The highest BCUT2D eigenvalue weighted by Gasteiger charge is 2.30. The van der Waals surface area contributed by atoms with Gasteiger partial charge < -0.3 is 14.1 Å². The van der Waals surface area contributed by atoms with Crippen LogP contribution in [0.2, 0.25) is 5.02 Å². The highest BCUT2D eigenvalue weighted by Crippen LogP contribution is 2.38. The molecule has 0 bridgehead atoms. The van der Waals surface area contributed by atoms with Gasteiger partial charge in [0.05, 0.1) is 7.11 Å². The van der Waals surface area contributed by atoms with Gasteiger partial charge in [0.2, 0.25) is 0 Å². The number of hydrogen-bond donors (Lipinski definition) is 1. The topological polar surface area (TPSA) is 79.0 Å². The molecular weight excluding hydrogens is 430 g/mol. The van der Waals surface area contributed by atoms with E-state index in [1.54, 1.807) is 18.9 Å². The van der Waals surface area contributed by atoms with Gasteiger partial charge >= 0.3 is 6.03 Å². The Labute approximate surface area is 192 Å². The summed E-state index contributed by atoms with van der Waals surface area (Å²) in [6.07, 6.45) is 1.43. The van der Waals surface area contributed by atoms with Crippen LogP contribution in [0.5, 0.6) is 5.75 Å². The van der Waals surface area contributed by atoms with Crippen LogP contribution in [0, 0.1) is 0 Å². The van der Waals surface area contributed by atoms with Gasteiger partial charge in [-0.1, -0.05) is 23.7 Å². The van der Waals surface area contributed by atoms with Crippen LogP contribution >= 0.6 is 11.6 Å². The van der Waals surface area contributed by atoms with E-state index < -0.39 is 0 Å². The molecule has 1 aromatic heterocycles. The first-order chi connectivity index (χ1) is 15.5. The minimum Gasteiger partial charge on any atom is -0.497 e. The van der Waals surface area contributed by atoms with E-state index in [4.69, 9.17) is 25.7 Å². The van der Waals surface area contributed by atoms with Crippen molar-refractivity contribution in [3.63, 3.8) is 0 Å². The number of rotatable bonds is 5. The zero-order valence-electron chi connectivity index (χ0n) is 18.1. The van der Waals surface area contributed by atoms with Gasteiger partial charge in [0.25, 0.3) is 0 Å². The van der Waals surface area contributed by atoms with Crippen LogP contribution < -0.4 is 4.74 Å². The van der Waals surface area contributed by atoms with Gasteiger partial charge in [-0.05, 0) is 56.2 Å². The number of urea groups is 1. The molecule has 1 aliphatic rings. The summed E-state index contributed by atoms with van der Waals surface area (Å²) in [6, 6.07) is 14.8. The second-order valence-electron chi connectivity index (χ2n) is 7.72. The van der Waals surface area contributed by atoms with Gasteiger partial charge in [-0.2, -0.15) is 0 Å². The first-order valence-corrected chi connectivity index (χ1v) is 11.0. The average molecular weight is 456 g/mol. The molecule has 2 aromatic carbocycles. The zero-order valence-corrected chi connectivity index (χ0v) is 18.9. The van der Waals surface area contributed by atoms with Crippen LogP contribution in [-0.4, -0.2) is 52.9 Å². The van der Waals surface area contributed by atoms with E-state index in [0.717, 1.165) is 27.6 Å². The number of methoxy groups -OCH3 is 1. The van der Waals surface area contributed by atoms with Crippen molar-refractivity contribution >= 4 is 17.6 Å². The van der Waals surface area contributed by atoms with Crippen LogP contribution in [0.25, 0.3) is 22.6 Å². The Morgan fingerprint density at radius 1 is 1.16 bits per heavy atom. The molecule has 1 N–H and O–H groups in total. The van der Waals surface area contributed by atoms with E-state index in [-0.39, 0.29) is 18.5 Å². The monoisotopic (exact) mass is 455 g/mol. The predicted molar refractivity (Wildman–Crippen MR) is 122 cm³/mol. The third kappa shape index (κ3) is 4.59. The lowest BCUT2D eigenvalue weighted by Gasteiger charge is -2.32. The standard InChI is InChI=1S/C24H26ClN3O4/c1-3-28(30)24(29)27-14-12-18(13-15-27)23-26-21(16-4-8-19(25)9-5-16)22(32-23)17-6-10-20(31-2)11-7-17/h4-11,18,30H,3,12-15H2,1-2H3. The van der Waals surface area contributed by atoms with Crippen molar-refractivity contribution in [2.75, 3.05) is 26.7 Å². The van der Waals surface area contributed by atoms with Crippen molar-refractivity contribution in [1.82, 2.24) is 14.9 Å². The summed E-state index contributed by atoms with van der Waals surface area (Å²) < 4.78 is 11.6. The number of nitrogens with zero attached hydrogens (tertiary/aromatic N) is 3. The molecule has 7 nitrogen and oxygen atoms in total. The van der Waals surface area contributed by atoms with Crippen molar-refractivity contribution in [2.45, 2.75) is 25.7 Å². The SMILES string of the molecule is CCN(O)C(=O)N1CCC(c2nc(-c3ccc(Cl)cc3)c(-c3ccc(OC)cc3)o2)CC1. The summed E-state index contributed by atoms with van der Waals surface area (Å²) in [6.45, 7) is 3.07. The predicted octanol–water partition coefficient (Wildman–Crippen LogP) is 5.68. The third-order valence-corrected chi connectivity index (χ3v) is 6.00. The Hall–Kier alpha value is -3.03. The summed E-state index contributed by atoms with van der Waals surface area (Å²) in [7, 11) is 1.63. The lowest BCUT2D eigenvalue weighted by atomic mass is 9.97. The molecule has 168 valence electrons. The fourth-order valence-corrected chi connectivity index (χ4v) is 3.99.